The molecule has 7 nitrogen and oxygen atoms in total. The highest BCUT2D eigenvalue weighted by molar-refractivity contribution is 5.79. The number of halogens is 1. The van der Waals surface area contributed by atoms with Gasteiger partial charge in [-0.2, -0.15) is 0 Å². The number of carbonyl (C=O) groups is 1. The third-order valence-corrected chi connectivity index (χ3v) is 8.44. The Morgan fingerprint density at radius 3 is 2.32 bits per heavy atom. The molecule has 1 amide bonds. The number of hydrogen-bond acceptors (Lipinski definition) is 6. The second-order valence-corrected chi connectivity index (χ2v) is 13.6. The van der Waals surface area contributed by atoms with Crippen molar-refractivity contribution in [1.29, 1.82) is 0 Å². The summed E-state index contributed by atoms with van der Waals surface area (Å²) in [4.78, 5) is 13.3. The van der Waals surface area contributed by atoms with Gasteiger partial charge < -0.3 is 30.4 Å². The molecule has 0 aliphatic heterocycles. The van der Waals surface area contributed by atoms with Crippen molar-refractivity contribution in [2.24, 2.45) is 34.8 Å². The molecule has 0 spiro atoms. The number of nitrogens with one attached hydrogen (secondary N) is 1. The van der Waals surface area contributed by atoms with Gasteiger partial charge in [-0.25, -0.2) is 4.39 Å². The van der Waals surface area contributed by atoms with E-state index in [0.29, 0.717) is 56.4 Å². The first-order valence-corrected chi connectivity index (χ1v) is 16.0. The first-order valence-electron chi connectivity index (χ1n) is 16.0. The molecule has 2 aromatic carbocycles. The third kappa shape index (κ3) is 12.7. The van der Waals surface area contributed by atoms with Crippen LogP contribution in [0.25, 0.3) is 0 Å². The summed E-state index contributed by atoms with van der Waals surface area (Å²) >= 11 is 0. The molecule has 8 heteroatoms. The van der Waals surface area contributed by atoms with Gasteiger partial charge in [-0.1, -0.05) is 59.7 Å². The number of amides is 1. The topological polar surface area (TPSA) is 103 Å². The lowest BCUT2D eigenvalue weighted by molar-refractivity contribution is -0.128. The fraction of sp³-hybridized carbons (Fsp3) is 0.639. The summed E-state index contributed by atoms with van der Waals surface area (Å²) < 4.78 is 30.2. The van der Waals surface area contributed by atoms with Gasteiger partial charge in [-0.05, 0) is 84.2 Å². The van der Waals surface area contributed by atoms with E-state index >= 15 is 0 Å². The predicted octanol–water partition coefficient (Wildman–Crippen LogP) is 6.19. The lowest BCUT2D eigenvalue weighted by atomic mass is 9.80. The first-order chi connectivity index (χ1) is 20.8. The number of ether oxygens (including phenoxy) is 3. The zero-order chi connectivity index (χ0) is 32.9. The van der Waals surface area contributed by atoms with E-state index in [-0.39, 0.29) is 34.9 Å². The molecular weight excluding hydrogens is 559 g/mol. The molecule has 0 radical (unpaired) electrons. The van der Waals surface area contributed by atoms with E-state index in [0.717, 1.165) is 24.0 Å². The number of rotatable bonds is 20. The van der Waals surface area contributed by atoms with E-state index < -0.39 is 12.1 Å². The Balaban J connectivity index is 2.00. The van der Waals surface area contributed by atoms with Crippen LogP contribution in [0.15, 0.2) is 42.5 Å². The van der Waals surface area contributed by atoms with Crippen molar-refractivity contribution in [2.75, 3.05) is 34.0 Å². The molecule has 0 fully saturated rings. The fourth-order valence-corrected chi connectivity index (χ4v) is 5.58. The minimum absolute atomic E-state index is 0.0330. The summed E-state index contributed by atoms with van der Waals surface area (Å²) in [5.74, 6) is 1.27. The van der Waals surface area contributed by atoms with Crippen molar-refractivity contribution in [1.82, 2.24) is 5.32 Å². The zero-order valence-electron chi connectivity index (χ0n) is 28.2. The average Bonchev–Trinajstić information content (AvgIpc) is 2.96. The van der Waals surface area contributed by atoms with Gasteiger partial charge in [0, 0.05) is 38.6 Å². The molecule has 0 unspecified atom stereocenters. The van der Waals surface area contributed by atoms with Crippen molar-refractivity contribution in [3.63, 3.8) is 0 Å². The van der Waals surface area contributed by atoms with Crippen LogP contribution in [-0.2, 0) is 22.4 Å². The van der Waals surface area contributed by atoms with Gasteiger partial charge in [0.2, 0.25) is 5.91 Å². The minimum atomic E-state index is -0.815. The third-order valence-electron chi connectivity index (χ3n) is 8.44. The lowest BCUT2D eigenvalue weighted by Crippen LogP contribution is -2.44. The minimum Gasteiger partial charge on any atom is -0.493 e. The van der Waals surface area contributed by atoms with Gasteiger partial charge in [0.15, 0.2) is 11.5 Å². The average molecular weight is 617 g/mol. The van der Waals surface area contributed by atoms with E-state index in [1.807, 2.05) is 38.1 Å². The van der Waals surface area contributed by atoms with Crippen LogP contribution in [0.1, 0.15) is 71.9 Å². The molecule has 2 aromatic rings. The van der Waals surface area contributed by atoms with E-state index in [9.17, 15) is 14.3 Å². The Morgan fingerprint density at radius 1 is 0.977 bits per heavy atom. The molecular formula is C36H57FN2O5. The Bertz CT molecular complexity index is 1140. The van der Waals surface area contributed by atoms with Gasteiger partial charge in [-0.15, -0.1) is 0 Å². The molecule has 0 heterocycles. The van der Waals surface area contributed by atoms with Gasteiger partial charge >= 0.3 is 0 Å². The summed E-state index contributed by atoms with van der Waals surface area (Å²) in [6.07, 6.45) is 2.31. The van der Waals surface area contributed by atoms with Gasteiger partial charge in [-0.3, -0.25) is 4.79 Å². The predicted molar refractivity (Wildman–Crippen MR) is 175 cm³/mol. The Labute approximate surface area is 265 Å². The Morgan fingerprint density at radius 2 is 1.70 bits per heavy atom. The summed E-state index contributed by atoms with van der Waals surface area (Å²) in [5.41, 5.74) is 8.35. The molecule has 4 N–H and O–H groups in total. The molecule has 248 valence electrons. The summed E-state index contributed by atoms with van der Waals surface area (Å²) in [6, 6.07) is 12.1. The molecule has 0 aliphatic carbocycles. The van der Waals surface area contributed by atoms with Crippen LogP contribution >= 0.6 is 0 Å². The second-order valence-electron chi connectivity index (χ2n) is 13.6. The van der Waals surface area contributed by atoms with Crippen LogP contribution in [0.5, 0.6) is 11.5 Å². The van der Waals surface area contributed by atoms with Gasteiger partial charge in [0.1, 0.15) is 5.82 Å². The molecule has 0 bridgehead atoms. The molecule has 0 saturated carbocycles. The maximum atomic E-state index is 13.7. The van der Waals surface area contributed by atoms with Crippen LogP contribution in [0.4, 0.5) is 4.39 Å². The van der Waals surface area contributed by atoms with Crippen LogP contribution in [0.3, 0.4) is 0 Å². The number of nitrogens with two attached hydrogens (primary N) is 1. The maximum absolute atomic E-state index is 13.7. The quantitative estimate of drug-likeness (QED) is 0.153. The summed E-state index contributed by atoms with van der Waals surface area (Å²) in [6.45, 7) is 14.1. The zero-order valence-corrected chi connectivity index (χ0v) is 28.2. The van der Waals surface area contributed by atoms with E-state index in [1.165, 1.54) is 12.1 Å². The normalized spacial score (nSPS) is 14.8. The molecule has 4 atom stereocenters. The molecule has 0 aliphatic rings. The van der Waals surface area contributed by atoms with Crippen molar-refractivity contribution >= 4 is 5.91 Å². The van der Waals surface area contributed by atoms with Crippen molar-refractivity contribution in [3.05, 3.63) is 59.4 Å². The SMILES string of the molecule is COCCCOc1cc(C[C@@H](C[C@H](N)[C@@H](O)C[C@H](C(=O)NCC(C)(C)Cc2cccc(F)c2)C(C)C)C(C)C)ccc1OC. The summed E-state index contributed by atoms with van der Waals surface area (Å²) in [7, 11) is 3.30. The molecule has 0 saturated heterocycles. The van der Waals surface area contributed by atoms with Crippen LogP contribution in [0.2, 0.25) is 0 Å². The molecule has 2 rings (SSSR count). The monoisotopic (exact) mass is 616 g/mol. The number of carbonyl (C=O) groups excluding carboxylic acids is 1. The molecule has 0 aromatic heterocycles. The summed E-state index contributed by atoms with van der Waals surface area (Å²) in [5, 5.41) is 14.3. The number of hydrogen-bond donors (Lipinski definition) is 3. The highest BCUT2D eigenvalue weighted by atomic mass is 19.1. The number of methoxy groups -OCH3 is 2. The van der Waals surface area contributed by atoms with E-state index in [2.05, 4.69) is 33.0 Å². The highest BCUT2D eigenvalue weighted by Gasteiger charge is 2.31. The largest absolute Gasteiger partial charge is 0.493 e. The number of benzene rings is 2. The van der Waals surface area contributed by atoms with Crippen molar-refractivity contribution < 1.29 is 28.5 Å². The van der Waals surface area contributed by atoms with Gasteiger partial charge in [0.05, 0.1) is 19.8 Å². The number of aliphatic hydroxyl groups is 1. The lowest BCUT2D eigenvalue weighted by Gasteiger charge is -2.31. The smallest absolute Gasteiger partial charge is 0.223 e. The highest BCUT2D eigenvalue weighted by Crippen LogP contribution is 2.32. The fourth-order valence-electron chi connectivity index (χ4n) is 5.58. The second kappa shape index (κ2) is 18.3. The van der Waals surface area contributed by atoms with Gasteiger partial charge in [0.25, 0.3) is 0 Å². The molecule has 44 heavy (non-hydrogen) atoms. The Hall–Kier alpha value is -2.68. The van der Waals surface area contributed by atoms with Crippen LogP contribution in [0, 0.1) is 34.9 Å². The van der Waals surface area contributed by atoms with Crippen molar-refractivity contribution in [3.8, 4) is 11.5 Å². The van der Waals surface area contributed by atoms with Crippen molar-refractivity contribution in [2.45, 2.75) is 85.8 Å². The standard InChI is InChI=1S/C36H57FN2O5/c1-24(2)28(17-26-13-14-33(43-8)34(19-26)44-16-10-15-42-7)20-31(38)32(40)21-30(25(3)4)35(41)39-23-36(5,6)22-27-11-9-12-29(37)18-27/h9,11-14,18-19,24-25,28,30-32,40H,10,15-17,20-23,38H2,1-8H3,(H,39,41)/t28-,30-,31-,32-/m0/s1. The van der Waals surface area contributed by atoms with E-state index in [1.54, 1.807) is 20.3 Å². The Kier molecular flexibility index (Phi) is 15.6. The van der Waals surface area contributed by atoms with Crippen LogP contribution < -0.4 is 20.5 Å². The van der Waals surface area contributed by atoms with Crippen LogP contribution in [-0.4, -0.2) is 57.1 Å². The van der Waals surface area contributed by atoms with E-state index in [4.69, 9.17) is 19.9 Å². The first kappa shape index (κ1) is 37.5. The number of aliphatic hydroxyl groups excluding tert-OH is 1. The maximum Gasteiger partial charge on any atom is 0.223 e.